The molecule has 0 radical (unpaired) electrons. The molecule has 1 atom stereocenters. The number of ketones is 1. The summed E-state index contributed by atoms with van der Waals surface area (Å²) < 4.78 is 34.6. The summed E-state index contributed by atoms with van der Waals surface area (Å²) in [4.78, 5) is 17.0. The number of carbonyl (C=O) groups excluding carboxylic acids is 1. The number of carbonyl (C=O) groups is 1. The number of alkyl halides is 2. The lowest BCUT2D eigenvalue weighted by molar-refractivity contribution is -0.144. The van der Waals surface area contributed by atoms with E-state index in [0.717, 1.165) is 0 Å². The Hall–Kier alpha value is -1.36. The number of hydrogen-bond acceptors (Lipinski definition) is 6. The highest BCUT2D eigenvalue weighted by Gasteiger charge is 2.46. The predicted octanol–water partition coefficient (Wildman–Crippen LogP) is 5.16. The Morgan fingerprint density at radius 2 is 1.86 bits per heavy atom. The average molecular weight is 554 g/mol. The number of pyridine rings is 1. The van der Waals surface area contributed by atoms with Crippen LogP contribution in [-0.2, 0) is 11.2 Å². The summed E-state index contributed by atoms with van der Waals surface area (Å²) >= 11 is 13.8. The fraction of sp³-hybridized carbons (Fsp3) is 0.368. The first-order valence-corrected chi connectivity index (χ1v) is 10.8. The van der Waals surface area contributed by atoms with Crippen LogP contribution in [0, 0.1) is 0 Å². The minimum atomic E-state index is -1.58. The van der Waals surface area contributed by atoms with Crippen molar-refractivity contribution in [3.05, 3.63) is 45.7 Å². The molecule has 2 aromatic rings. The van der Waals surface area contributed by atoms with Crippen molar-refractivity contribution in [3.8, 4) is 17.2 Å². The van der Waals surface area contributed by atoms with Gasteiger partial charge in [0.15, 0.2) is 17.3 Å². The van der Waals surface area contributed by atoms with Gasteiger partial charge in [0.2, 0.25) is 5.75 Å². The van der Waals surface area contributed by atoms with Gasteiger partial charge < -0.3 is 18.9 Å². The van der Waals surface area contributed by atoms with E-state index in [1.807, 2.05) is 0 Å². The van der Waals surface area contributed by atoms with E-state index in [4.69, 9.17) is 42.1 Å². The van der Waals surface area contributed by atoms with Crippen LogP contribution in [0.5, 0.6) is 17.2 Å². The molecule has 0 aliphatic carbocycles. The number of benzene rings is 1. The Bertz CT molecular complexity index is 932. The first-order valence-electron chi connectivity index (χ1n) is 8.77. The Kier molecular flexibility index (Phi) is 6.06. The zero-order valence-corrected chi connectivity index (χ0v) is 18.6. The van der Waals surface area contributed by atoms with Gasteiger partial charge in [-0.3, -0.25) is 9.78 Å². The zero-order valence-electron chi connectivity index (χ0n) is 14.9. The normalized spacial score (nSPS) is 17.9. The van der Waals surface area contributed by atoms with Crippen molar-refractivity contribution in [2.75, 3.05) is 13.2 Å². The van der Waals surface area contributed by atoms with Crippen LogP contribution in [0.15, 0.2) is 24.5 Å². The van der Waals surface area contributed by atoms with Crippen molar-refractivity contribution in [3.63, 3.8) is 0 Å². The Balaban J connectivity index is 1.70. The highest BCUT2D eigenvalue weighted by atomic mass is 127. The maximum absolute atomic E-state index is 13.5. The molecule has 154 valence electrons. The third-order valence-corrected chi connectivity index (χ3v) is 5.62. The molecule has 0 N–H and O–H groups in total. The maximum atomic E-state index is 13.5. The summed E-state index contributed by atoms with van der Waals surface area (Å²) in [5.41, 5.74) is 0.752. The molecule has 1 saturated heterocycles. The first kappa shape index (κ1) is 20.9. The van der Waals surface area contributed by atoms with Crippen LogP contribution in [0.3, 0.4) is 0 Å². The summed E-state index contributed by atoms with van der Waals surface area (Å²) in [5, 5.41) is 0.594. The highest BCUT2D eigenvalue weighted by molar-refractivity contribution is 14.1. The van der Waals surface area contributed by atoms with Crippen LogP contribution in [0.4, 0.5) is 4.39 Å². The van der Waals surface area contributed by atoms with Gasteiger partial charge >= 0.3 is 0 Å². The van der Waals surface area contributed by atoms with Gasteiger partial charge in [-0.1, -0.05) is 23.2 Å². The van der Waals surface area contributed by atoms with E-state index in [1.54, 1.807) is 0 Å². The van der Waals surface area contributed by atoms with Crippen molar-refractivity contribution in [2.45, 2.75) is 29.4 Å². The largest absolute Gasteiger partial charge is 0.448 e. The predicted molar refractivity (Wildman–Crippen MR) is 112 cm³/mol. The van der Waals surface area contributed by atoms with E-state index >= 15 is 0 Å². The van der Waals surface area contributed by atoms with Gasteiger partial charge in [0.05, 0.1) is 28.8 Å². The molecule has 0 bridgehead atoms. The molecule has 3 heterocycles. The second-order valence-corrected chi connectivity index (χ2v) is 8.35. The fourth-order valence-corrected chi connectivity index (χ4v) is 4.07. The molecule has 0 amide bonds. The van der Waals surface area contributed by atoms with Gasteiger partial charge in [-0.25, -0.2) is 0 Å². The maximum Gasteiger partial charge on any atom is 0.288 e. The standard InChI is InChI=1S/C19H15Cl2FINO5/c20-12-8-24-9-13(21)11(12)7-14(25)10-1-2-15(27-18(22)23)17-16(10)28-19(29-17)3-5-26-6-4-19/h1-2,8-9,18H,3-7H2. The first-order chi connectivity index (χ1) is 13.9. The second kappa shape index (κ2) is 8.41. The number of fused-ring (bicyclic) bond motifs is 1. The molecule has 29 heavy (non-hydrogen) atoms. The van der Waals surface area contributed by atoms with Crippen LogP contribution in [-0.4, -0.2) is 34.1 Å². The van der Waals surface area contributed by atoms with Gasteiger partial charge in [0.25, 0.3) is 10.2 Å². The second-order valence-electron chi connectivity index (χ2n) is 6.56. The third kappa shape index (κ3) is 4.26. The number of hydrogen-bond donors (Lipinski definition) is 0. The topological polar surface area (TPSA) is 66.9 Å². The average Bonchev–Trinajstić information content (AvgIpc) is 3.04. The van der Waals surface area contributed by atoms with E-state index in [1.165, 1.54) is 47.1 Å². The molecule has 2 aliphatic heterocycles. The fourth-order valence-electron chi connectivity index (χ4n) is 3.29. The Morgan fingerprint density at radius 3 is 2.52 bits per heavy atom. The van der Waals surface area contributed by atoms with Crippen molar-refractivity contribution in [2.24, 2.45) is 0 Å². The molecular formula is C19H15Cl2FINO5. The van der Waals surface area contributed by atoms with Crippen LogP contribution in [0.2, 0.25) is 10.0 Å². The molecule has 1 unspecified atom stereocenters. The lowest BCUT2D eigenvalue weighted by atomic mass is 10.0. The third-order valence-electron chi connectivity index (χ3n) is 4.71. The summed E-state index contributed by atoms with van der Waals surface area (Å²) in [5.74, 6) is -0.627. The summed E-state index contributed by atoms with van der Waals surface area (Å²) in [6, 6.07) is 3.02. The quantitative estimate of drug-likeness (QED) is 0.289. The monoisotopic (exact) mass is 553 g/mol. The van der Waals surface area contributed by atoms with Crippen LogP contribution < -0.4 is 14.2 Å². The van der Waals surface area contributed by atoms with Crippen molar-refractivity contribution >= 4 is 51.6 Å². The van der Waals surface area contributed by atoms with Crippen molar-refractivity contribution in [1.29, 1.82) is 0 Å². The smallest absolute Gasteiger partial charge is 0.288 e. The van der Waals surface area contributed by atoms with Gasteiger partial charge in [-0.15, -0.1) is 0 Å². The van der Waals surface area contributed by atoms with Crippen molar-refractivity contribution < 1.29 is 28.1 Å². The Morgan fingerprint density at radius 1 is 1.21 bits per heavy atom. The molecular weight excluding hydrogens is 539 g/mol. The molecule has 1 aromatic heterocycles. The minimum Gasteiger partial charge on any atom is -0.448 e. The number of nitrogens with zero attached hydrogens (tertiary/aromatic N) is 1. The summed E-state index contributed by atoms with van der Waals surface area (Å²) in [6.45, 7) is 0.904. The molecule has 1 fully saturated rings. The lowest BCUT2D eigenvalue weighted by Crippen LogP contribution is -2.44. The highest BCUT2D eigenvalue weighted by Crippen LogP contribution is 2.51. The van der Waals surface area contributed by atoms with E-state index < -0.39 is 10.2 Å². The number of halogens is 4. The lowest BCUT2D eigenvalue weighted by Gasteiger charge is -2.31. The molecule has 1 spiro atoms. The molecule has 10 heteroatoms. The van der Waals surface area contributed by atoms with E-state index in [9.17, 15) is 9.18 Å². The Labute approximate surface area is 189 Å². The number of aromatic nitrogens is 1. The molecule has 4 rings (SSSR count). The molecule has 6 nitrogen and oxygen atoms in total. The van der Waals surface area contributed by atoms with Gasteiger partial charge in [-0.05, 0) is 12.1 Å². The molecule has 0 saturated carbocycles. The number of ether oxygens (including phenoxy) is 4. The van der Waals surface area contributed by atoms with E-state index in [2.05, 4.69) is 4.98 Å². The summed E-state index contributed by atoms with van der Waals surface area (Å²) in [7, 11) is 0. The zero-order chi connectivity index (χ0) is 20.6. The van der Waals surface area contributed by atoms with Crippen molar-refractivity contribution in [1.82, 2.24) is 4.98 Å². The molecule has 2 aliphatic rings. The van der Waals surface area contributed by atoms with Crippen LogP contribution >= 0.6 is 45.8 Å². The van der Waals surface area contributed by atoms with E-state index in [0.29, 0.717) is 41.7 Å². The molecule has 1 aromatic carbocycles. The van der Waals surface area contributed by atoms with Gasteiger partial charge in [0.1, 0.15) is 0 Å². The SMILES string of the molecule is O=C(Cc1c(Cl)cncc1Cl)c1ccc(OC(F)I)c2c1OC1(CCOCC1)O2. The van der Waals surface area contributed by atoms with Crippen LogP contribution in [0.25, 0.3) is 0 Å². The summed E-state index contributed by atoms with van der Waals surface area (Å²) in [6.07, 6.45) is 3.75. The van der Waals surface area contributed by atoms with Crippen LogP contribution in [0.1, 0.15) is 28.8 Å². The number of rotatable bonds is 5. The van der Waals surface area contributed by atoms with E-state index in [-0.39, 0.29) is 35.0 Å². The minimum absolute atomic E-state index is 0.0513. The van der Waals surface area contributed by atoms with Gasteiger partial charge in [0, 0.05) is 59.8 Å². The number of Topliss-reactive ketones (excluding diaryl/α,β-unsaturated/α-hetero) is 1. The van der Waals surface area contributed by atoms with Gasteiger partial charge in [-0.2, -0.15) is 4.39 Å².